The largest absolute Gasteiger partial charge is 0.478 e. The van der Waals surface area contributed by atoms with E-state index in [1.165, 1.54) is 51.4 Å². The number of aliphatic carboxylic acids is 1. The van der Waals surface area contributed by atoms with Gasteiger partial charge in [0.15, 0.2) is 0 Å². The minimum Gasteiger partial charge on any atom is -0.478 e. The molecule has 1 aromatic carbocycles. The molecule has 3 saturated carbocycles. The molecule has 2 bridgehead atoms. The summed E-state index contributed by atoms with van der Waals surface area (Å²) in [7, 11) is 0. The van der Waals surface area contributed by atoms with E-state index >= 15 is 0 Å². The summed E-state index contributed by atoms with van der Waals surface area (Å²) in [5.41, 5.74) is 2.16. The van der Waals surface area contributed by atoms with Crippen LogP contribution in [0.1, 0.15) is 91.5 Å². The number of carboxylic acid groups (broad SMARTS) is 1. The lowest BCUT2D eigenvalue weighted by Crippen LogP contribution is -2.48. The Hall–Kier alpha value is -1.57. The topological polar surface area (TPSA) is 37.3 Å². The van der Waals surface area contributed by atoms with Gasteiger partial charge in [-0.05, 0) is 84.2 Å². The van der Waals surface area contributed by atoms with Gasteiger partial charge in [-0.2, -0.15) is 0 Å². The average Bonchev–Trinajstić information content (AvgIpc) is 2.71. The monoisotopic (exact) mass is 424 g/mol. The van der Waals surface area contributed by atoms with Gasteiger partial charge in [0, 0.05) is 6.08 Å². The molecular weight excluding hydrogens is 380 g/mol. The van der Waals surface area contributed by atoms with Crippen molar-refractivity contribution < 1.29 is 9.90 Å². The maximum Gasteiger partial charge on any atom is 0.328 e. The molecule has 4 rings (SSSR count). The van der Waals surface area contributed by atoms with Crippen LogP contribution in [-0.4, -0.2) is 11.1 Å². The molecule has 6 atom stereocenters. The smallest absolute Gasteiger partial charge is 0.328 e. The van der Waals surface area contributed by atoms with E-state index in [9.17, 15) is 4.79 Å². The molecule has 31 heavy (non-hydrogen) atoms. The van der Waals surface area contributed by atoms with Crippen molar-refractivity contribution >= 4 is 12.0 Å². The quantitative estimate of drug-likeness (QED) is 0.487. The van der Waals surface area contributed by atoms with Crippen molar-refractivity contribution in [1.29, 1.82) is 0 Å². The van der Waals surface area contributed by atoms with E-state index in [2.05, 4.69) is 34.6 Å². The van der Waals surface area contributed by atoms with Crippen molar-refractivity contribution in [3.8, 4) is 0 Å². The standard InChI is InChI=1S/C20H36.C9H8O2/c1-14-7-6-11-20(5)12-10-17-15(2)8-9-16(13-18(14)20)19(17,3)4;10-9(11)7-6-8-4-2-1-3-5-8/h14-18H,6-13H2,1-5H3;1-7H,(H,10,11)/t14-,15-,16+,17+,18-,20+;/m1./s1. The lowest BCUT2D eigenvalue weighted by atomic mass is 9.48. The van der Waals surface area contributed by atoms with E-state index in [1.807, 2.05) is 30.3 Å². The SMILES string of the molecule is C[C@@H]1CCC[C@@]2(C)CC[C@H]3[C@H](C)CC[C@@H](C[C@H]12)C3(C)C.O=C(O)C=Cc1ccccc1. The summed E-state index contributed by atoms with van der Waals surface area (Å²) in [6.45, 7) is 12.9. The first-order valence-electron chi connectivity index (χ1n) is 12.6. The van der Waals surface area contributed by atoms with Crippen molar-refractivity contribution in [2.24, 2.45) is 40.4 Å². The number of benzene rings is 1. The predicted molar refractivity (Wildman–Crippen MR) is 131 cm³/mol. The average molecular weight is 425 g/mol. The molecule has 2 heteroatoms. The van der Waals surface area contributed by atoms with Crippen LogP contribution in [0.15, 0.2) is 36.4 Å². The molecule has 1 N–H and O–H groups in total. The summed E-state index contributed by atoms with van der Waals surface area (Å²) >= 11 is 0. The molecule has 0 radical (unpaired) electrons. The molecular formula is C29H44O2. The van der Waals surface area contributed by atoms with Crippen LogP contribution in [-0.2, 0) is 4.79 Å². The van der Waals surface area contributed by atoms with Gasteiger partial charge in [-0.15, -0.1) is 0 Å². The number of hydrogen-bond acceptors (Lipinski definition) is 1. The van der Waals surface area contributed by atoms with Gasteiger partial charge >= 0.3 is 5.97 Å². The van der Waals surface area contributed by atoms with Crippen LogP contribution in [0.3, 0.4) is 0 Å². The van der Waals surface area contributed by atoms with E-state index < -0.39 is 5.97 Å². The van der Waals surface area contributed by atoms with Crippen molar-refractivity contribution in [3.05, 3.63) is 42.0 Å². The maximum atomic E-state index is 10.1. The fourth-order valence-corrected chi connectivity index (χ4v) is 7.40. The lowest BCUT2D eigenvalue weighted by Gasteiger charge is -2.57. The fourth-order valence-electron chi connectivity index (χ4n) is 7.40. The normalized spacial score (nSPS) is 37.0. The second kappa shape index (κ2) is 9.92. The summed E-state index contributed by atoms with van der Waals surface area (Å²) in [5, 5.41) is 8.29. The molecule has 172 valence electrons. The number of hydrogen-bond donors (Lipinski definition) is 1. The van der Waals surface area contributed by atoms with Crippen LogP contribution in [0.5, 0.6) is 0 Å². The van der Waals surface area contributed by atoms with Crippen LogP contribution in [0.2, 0.25) is 0 Å². The molecule has 2 nitrogen and oxygen atoms in total. The van der Waals surface area contributed by atoms with Gasteiger partial charge in [-0.3, -0.25) is 0 Å². The van der Waals surface area contributed by atoms with E-state index in [0.29, 0.717) is 10.8 Å². The van der Waals surface area contributed by atoms with Gasteiger partial charge in [0.1, 0.15) is 0 Å². The minimum atomic E-state index is -0.922. The Kier molecular flexibility index (Phi) is 7.71. The zero-order valence-corrected chi connectivity index (χ0v) is 20.4. The first-order valence-corrected chi connectivity index (χ1v) is 12.6. The van der Waals surface area contributed by atoms with E-state index in [1.54, 1.807) is 6.08 Å². The molecule has 3 aliphatic carbocycles. The molecule has 0 unspecified atom stereocenters. The minimum absolute atomic E-state index is 0.593. The van der Waals surface area contributed by atoms with Crippen molar-refractivity contribution in [3.63, 3.8) is 0 Å². The van der Waals surface area contributed by atoms with Gasteiger partial charge in [0.05, 0.1) is 0 Å². The van der Waals surface area contributed by atoms with Crippen molar-refractivity contribution in [2.45, 2.75) is 86.0 Å². The third-order valence-electron chi connectivity index (χ3n) is 9.44. The molecule has 0 saturated heterocycles. The Morgan fingerprint density at radius 1 is 0.935 bits per heavy atom. The predicted octanol–water partition coefficient (Wildman–Crippen LogP) is 8.09. The van der Waals surface area contributed by atoms with Crippen LogP contribution in [0.25, 0.3) is 6.08 Å². The highest BCUT2D eigenvalue weighted by molar-refractivity contribution is 5.85. The number of carboxylic acids is 1. The van der Waals surface area contributed by atoms with Gasteiger partial charge in [-0.25, -0.2) is 4.79 Å². The summed E-state index contributed by atoms with van der Waals surface area (Å²) < 4.78 is 0. The first kappa shape index (κ1) is 24.1. The second-order valence-electron chi connectivity index (χ2n) is 11.7. The Balaban J connectivity index is 0.000000210. The molecule has 3 fully saturated rings. The van der Waals surface area contributed by atoms with Gasteiger partial charge in [0.25, 0.3) is 0 Å². The molecule has 0 heterocycles. The van der Waals surface area contributed by atoms with Crippen molar-refractivity contribution in [2.75, 3.05) is 0 Å². The van der Waals surface area contributed by atoms with E-state index in [0.717, 1.165) is 41.2 Å². The fraction of sp³-hybridized carbons (Fsp3) is 0.690. The Bertz CT molecular complexity index is 749. The van der Waals surface area contributed by atoms with E-state index in [-0.39, 0.29) is 0 Å². The third kappa shape index (κ3) is 5.62. The molecule has 0 amide bonds. The summed E-state index contributed by atoms with van der Waals surface area (Å²) in [4.78, 5) is 10.1. The molecule has 0 aromatic heterocycles. The summed E-state index contributed by atoms with van der Waals surface area (Å²) in [5.74, 6) is 4.00. The Labute approximate surface area is 190 Å². The zero-order chi connectivity index (χ0) is 22.6. The summed E-state index contributed by atoms with van der Waals surface area (Å²) in [6.07, 6.45) is 14.7. The van der Waals surface area contributed by atoms with Crippen LogP contribution < -0.4 is 0 Å². The van der Waals surface area contributed by atoms with Crippen LogP contribution >= 0.6 is 0 Å². The van der Waals surface area contributed by atoms with Crippen molar-refractivity contribution in [1.82, 2.24) is 0 Å². The first-order chi connectivity index (χ1) is 14.6. The number of carbonyl (C=O) groups is 1. The number of fused-ring (bicyclic) bond motifs is 3. The maximum absolute atomic E-state index is 10.1. The highest BCUT2D eigenvalue weighted by Gasteiger charge is 2.50. The molecule has 0 aliphatic heterocycles. The van der Waals surface area contributed by atoms with Gasteiger partial charge in [-0.1, -0.05) is 84.2 Å². The molecule has 0 spiro atoms. The van der Waals surface area contributed by atoms with Crippen LogP contribution in [0, 0.1) is 40.4 Å². The summed E-state index contributed by atoms with van der Waals surface area (Å²) in [6, 6.07) is 9.31. The Morgan fingerprint density at radius 2 is 1.61 bits per heavy atom. The lowest BCUT2D eigenvalue weighted by molar-refractivity contribution is -0.131. The van der Waals surface area contributed by atoms with Crippen LogP contribution in [0.4, 0.5) is 0 Å². The van der Waals surface area contributed by atoms with E-state index in [4.69, 9.17) is 5.11 Å². The van der Waals surface area contributed by atoms with Gasteiger partial charge < -0.3 is 5.11 Å². The molecule has 3 aliphatic rings. The molecule has 1 aromatic rings. The highest BCUT2D eigenvalue weighted by atomic mass is 16.4. The highest BCUT2D eigenvalue weighted by Crippen LogP contribution is 2.60. The van der Waals surface area contributed by atoms with Gasteiger partial charge in [0.2, 0.25) is 0 Å². The second-order valence-corrected chi connectivity index (χ2v) is 11.7. The number of rotatable bonds is 2. The zero-order valence-electron chi connectivity index (χ0n) is 20.4. The Morgan fingerprint density at radius 3 is 2.29 bits per heavy atom. The third-order valence-corrected chi connectivity index (χ3v) is 9.44.